The Hall–Kier alpha value is -2.62. The Bertz CT molecular complexity index is 853. The minimum absolute atomic E-state index is 0.0253. The van der Waals surface area contributed by atoms with Crippen LogP contribution in [0.4, 0.5) is 4.39 Å². The third kappa shape index (κ3) is 6.24. The van der Waals surface area contributed by atoms with Crippen molar-refractivity contribution in [2.24, 2.45) is 0 Å². The van der Waals surface area contributed by atoms with Gasteiger partial charge in [-0.05, 0) is 23.8 Å². The van der Waals surface area contributed by atoms with E-state index in [1.165, 1.54) is 18.2 Å². The molecule has 1 N–H and O–H groups in total. The number of sulfonamides is 1. The van der Waals surface area contributed by atoms with Crippen LogP contribution in [0.3, 0.4) is 0 Å². The van der Waals surface area contributed by atoms with Crippen molar-refractivity contribution in [3.8, 4) is 17.6 Å². The highest BCUT2D eigenvalue weighted by Gasteiger charge is 2.02. The van der Waals surface area contributed by atoms with Gasteiger partial charge in [0.2, 0.25) is 10.0 Å². The van der Waals surface area contributed by atoms with Crippen LogP contribution in [0.2, 0.25) is 0 Å². The summed E-state index contributed by atoms with van der Waals surface area (Å²) in [6.45, 7) is -0.0788. The van der Waals surface area contributed by atoms with E-state index in [1.807, 2.05) is 18.2 Å². The lowest BCUT2D eigenvalue weighted by molar-refractivity contribution is 0.348. The number of ether oxygens (including phenoxy) is 1. The van der Waals surface area contributed by atoms with Gasteiger partial charge in [0.05, 0.1) is 6.54 Å². The summed E-state index contributed by atoms with van der Waals surface area (Å²) in [4.78, 5) is 0. The Morgan fingerprint density at radius 3 is 2.50 bits per heavy atom. The molecule has 0 atom stereocenters. The van der Waals surface area contributed by atoms with Crippen LogP contribution in [-0.4, -0.2) is 21.6 Å². The number of benzene rings is 2. The van der Waals surface area contributed by atoms with Gasteiger partial charge in [0, 0.05) is 5.41 Å². The number of hydrogen-bond donors (Lipinski definition) is 1. The standard InChI is InChI=1S/C18H16FNO3S/c19-17-10-4-5-11-18(17)23-14-7-6-13-20-24(21,22)15-12-16-8-2-1-3-9-16/h1-5,8-12,15,20H,13-14H2/b15-12+. The van der Waals surface area contributed by atoms with Gasteiger partial charge in [0.1, 0.15) is 6.61 Å². The smallest absolute Gasteiger partial charge is 0.234 e. The van der Waals surface area contributed by atoms with Crippen LogP contribution >= 0.6 is 0 Å². The van der Waals surface area contributed by atoms with Gasteiger partial charge in [-0.3, -0.25) is 0 Å². The zero-order chi connectivity index (χ0) is 17.3. The maximum absolute atomic E-state index is 13.3. The van der Waals surface area contributed by atoms with Gasteiger partial charge in [0.25, 0.3) is 0 Å². The van der Waals surface area contributed by atoms with Crippen LogP contribution in [0, 0.1) is 17.7 Å². The van der Waals surface area contributed by atoms with Gasteiger partial charge in [-0.2, -0.15) is 4.72 Å². The normalized spacial score (nSPS) is 11.0. The summed E-state index contributed by atoms with van der Waals surface area (Å²) >= 11 is 0. The summed E-state index contributed by atoms with van der Waals surface area (Å²) in [7, 11) is -3.56. The highest BCUT2D eigenvalue weighted by atomic mass is 32.2. The molecule has 0 aromatic heterocycles. The molecular formula is C18H16FNO3S. The lowest BCUT2D eigenvalue weighted by Crippen LogP contribution is -2.21. The molecule has 0 unspecified atom stereocenters. The molecule has 0 aliphatic rings. The predicted octanol–water partition coefficient (Wildman–Crippen LogP) is 2.80. The van der Waals surface area contributed by atoms with Crippen LogP contribution in [-0.2, 0) is 10.0 Å². The highest BCUT2D eigenvalue weighted by molar-refractivity contribution is 7.92. The molecule has 2 rings (SSSR count). The van der Waals surface area contributed by atoms with Crippen LogP contribution in [0.5, 0.6) is 5.75 Å². The molecule has 6 heteroatoms. The molecular weight excluding hydrogens is 329 g/mol. The minimum atomic E-state index is -3.56. The Morgan fingerprint density at radius 2 is 1.75 bits per heavy atom. The summed E-state index contributed by atoms with van der Waals surface area (Å²) < 4.78 is 44.2. The van der Waals surface area contributed by atoms with Crippen LogP contribution < -0.4 is 9.46 Å². The second kappa shape index (κ2) is 8.87. The monoisotopic (exact) mass is 345 g/mol. The van der Waals surface area contributed by atoms with E-state index >= 15 is 0 Å². The first kappa shape index (κ1) is 17.7. The Labute approximate surface area is 141 Å². The fourth-order valence-electron chi connectivity index (χ4n) is 1.71. The highest BCUT2D eigenvalue weighted by Crippen LogP contribution is 2.14. The van der Waals surface area contributed by atoms with Crippen molar-refractivity contribution in [2.45, 2.75) is 0 Å². The van der Waals surface area contributed by atoms with E-state index in [9.17, 15) is 12.8 Å². The molecule has 0 saturated carbocycles. The van der Waals surface area contributed by atoms with Gasteiger partial charge in [-0.15, -0.1) is 0 Å². The number of rotatable bonds is 6. The Balaban J connectivity index is 1.77. The van der Waals surface area contributed by atoms with Crippen molar-refractivity contribution in [3.63, 3.8) is 0 Å². The predicted molar refractivity (Wildman–Crippen MR) is 92.1 cm³/mol. The number of para-hydroxylation sites is 1. The first-order valence-corrected chi connectivity index (χ1v) is 8.67. The summed E-state index contributed by atoms with van der Waals surface area (Å²) in [6, 6.07) is 15.1. The van der Waals surface area contributed by atoms with Crippen LogP contribution in [0.25, 0.3) is 6.08 Å². The van der Waals surface area contributed by atoms with Crippen molar-refractivity contribution in [1.29, 1.82) is 0 Å². The number of hydrogen-bond acceptors (Lipinski definition) is 3. The van der Waals surface area contributed by atoms with Gasteiger partial charge in [0.15, 0.2) is 11.6 Å². The molecule has 0 heterocycles. The molecule has 2 aromatic rings. The van der Waals surface area contributed by atoms with E-state index in [0.29, 0.717) is 0 Å². The largest absolute Gasteiger partial charge is 0.478 e. The zero-order valence-corrected chi connectivity index (χ0v) is 13.6. The van der Waals surface area contributed by atoms with Gasteiger partial charge in [-0.25, -0.2) is 12.8 Å². The third-order valence-corrected chi connectivity index (χ3v) is 3.90. The van der Waals surface area contributed by atoms with Crippen LogP contribution in [0.15, 0.2) is 60.0 Å². The van der Waals surface area contributed by atoms with Gasteiger partial charge in [-0.1, -0.05) is 54.3 Å². The molecule has 0 saturated heterocycles. The van der Waals surface area contributed by atoms with Gasteiger partial charge >= 0.3 is 0 Å². The van der Waals surface area contributed by atoms with E-state index in [0.717, 1.165) is 11.0 Å². The van der Waals surface area contributed by atoms with Crippen molar-refractivity contribution >= 4 is 16.1 Å². The first-order valence-electron chi connectivity index (χ1n) is 7.13. The molecule has 0 radical (unpaired) electrons. The molecule has 0 amide bonds. The molecule has 4 nitrogen and oxygen atoms in total. The third-order valence-electron chi connectivity index (χ3n) is 2.86. The molecule has 0 spiro atoms. The molecule has 124 valence electrons. The summed E-state index contributed by atoms with van der Waals surface area (Å²) in [5, 5.41) is 1.08. The summed E-state index contributed by atoms with van der Waals surface area (Å²) in [5.41, 5.74) is 0.784. The molecule has 0 bridgehead atoms. The minimum Gasteiger partial charge on any atom is -0.478 e. The fraction of sp³-hybridized carbons (Fsp3) is 0.111. The first-order chi connectivity index (χ1) is 11.6. The second-order valence-corrected chi connectivity index (χ2v) is 6.30. The maximum Gasteiger partial charge on any atom is 0.234 e. The number of halogens is 1. The number of nitrogens with one attached hydrogen (secondary N) is 1. The van der Waals surface area contributed by atoms with E-state index in [4.69, 9.17) is 4.74 Å². The van der Waals surface area contributed by atoms with Crippen LogP contribution in [0.1, 0.15) is 5.56 Å². The van der Waals surface area contributed by atoms with Crippen molar-refractivity contribution in [3.05, 3.63) is 71.4 Å². The summed E-state index contributed by atoms with van der Waals surface area (Å²) in [6.07, 6.45) is 1.50. The Kier molecular flexibility index (Phi) is 6.55. The fourth-order valence-corrected chi connectivity index (χ4v) is 2.41. The summed E-state index contributed by atoms with van der Waals surface area (Å²) in [5.74, 6) is 4.87. The molecule has 24 heavy (non-hydrogen) atoms. The molecule has 0 aliphatic heterocycles. The van der Waals surface area contributed by atoms with Gasteiger partial charge < -0.3 is 4.74 Å². The second-order valence-electron chi connectivity index (χ2n) is 4.65. The SMILES string of the molecule is O=S(=O)(/C=C/c1ccccc1)NCC#CCOc1ccccc1F. The molecule has 2 aromatic carbocycles. The van der Waals surface area contributed by atoms with Crippen molar-refractivity contribution < 1.29 is 17.5 Å². The zero-order valence-electron chi connectivity index (χ0n) is 12.8. The quantitative estimate of drug-likeness (QED) is 0.819. The van der Waals surface area contributed by atoms with Crippen molar-refractivity contribution in [2.75, 3.05) is 13.2 Å². The van der Waals surface area contributed by atoms with E-state index in [-0.39, 0.29) is 18.9 Å². The van der Waals surface area contributed by atoms with E-state index < -0.39 is 15.8 Å². The topological polar surface area (TPSA) is 55.4 Å². The average Bonchev–Trinajstić information content (AvgIpc) is 2.59. The lowest BCUT2D eigenvalue weighted by Gasteiger charge is -2.02. The maximum atomic E-state index is 13.3. The molecule has 0 aliphatic carbocycles. The Morgan fingerprint density at radius 1 is 1.04 bits per heavy atom. The van der Waals surface area contributed by atoms with E-state index in [2.05, 4.69) is 16.6 Å². The molecule has 0 fully saturated rings. The van der Waals surface area contributed by atoms with E-state index in [1.54, 1.807) is 24.3 Å². The van der Waals surface area contributed by atoms with Crippen molar-refractivity contribution in [1.82, 2.24) is 4.72 Å². The average molecular weight is 345 g/mol. The lowest BCUT2D eigenvalue weighted by atomic mass is 10.2.